The summed E-state index contributed by atoms with van der Waals surface area (Å²) in [7, 11) is 0. The van der Waals surface area contributed by atoms with Gasteiger partial charge in [-0.15, -0.1) is 11.3 Å². The van der Waals surface area contributed by atoms with E-state index in [1.807, 2.05) is 0 Å². The molecule has 2 amide bonds. The maximum absolute atomic E-state index is 13.6. The van der Waals surface area contributed by atoms with Gasteiger partial charge in [0.25, 0.3) is 5.91 Å². The maximum atomic E-state index is 13.6. The zero-order chi connectivity index (χ0) is 29.2. The molecule has 0 radical (unpaired) electrons. The molecule has 0 spiro atoms. The van der Waals surface area contributed by atoms with E-state index in [1.54, 1.807) is 17.5 Å². The van der Waals surface area contributed by atoms with Crippen LogP contribution in [0, 0.1) is 5.82 Å². The van der Waals surface area contributed by atoms with Crippen LogP contribution in [0.1, 0.15) is 32.8 Å². The Hall–Kier alpha value is -3.59. The number of anilines is 1. The van der Waals surface area contributed by atoms with Gasteiger partial charge in [-0.2, -0.15) is 13.2 Å². The van der Waals surface area contributed by atoms with Crippen LogP contribution >= 0.6 is 35.3 Å². The van der Waals surface area contributed by atoms with Crippen LogP contribution in [0.15, 0.2) is 52.7 Å². The Labute approximate surface area is 238 Å². The quantitative estimate of drug-likeness (QED) is 0.164. The Balaban J connectivity index is 1.42. The Kier molecular flexibility index (Phi) is 8.73. The van der Waals surface area contributed by atoms with Crippen LogP contribution in [-0.4, -0.2) is 38.7 Å². The molecule has 1 fully saturated rings. The summed E-state index contributed by atoms with van der Waals surface area (Å²) in [6, 6.07) is 8.48. The van der Waals surface area contributed by atoms with Crippen molar-refractivity contribution in [3.8, 4) is 11.1 Å². The van der Waals surface area contributed by atoms with E-state index < -0.39 is 35.3 Å². The average Bonchev–Trinajstić information content (AvgIpc) is 3.46. The number of amides is 2. The Morgan fingerprint density at radius 2 is 1.88 bits per heavy atom. The number of thioether (sulfide) groups is 1. The molecule has 4 rings (SSSR count). The molecule has 1 saturated heterocycles. The molecule has 40 heavy (non-hydrogen) atoms. The molecule has 0 atom stereocenters. The number of thiocarbonyl (C=S) groups is 1. The van der Waals surface area contributed by atoms with Crippen LogP contribution in [0.4, 0.5) is 23.2 Å². The highest BCUT2D eigenvalue weighted by Gasteiger charge is 2.35. The first-order valence-corrected chi connectivity index (χ1v) is 13.5. The van der Waals surface area contributed by atoms with Gasteiger partial charge in [0.05, 0.1) is 16.0 Å². The van der Waals surface area contributed by atoms with Gasteiger partial charge in [0.1, 0.15) is 10.1 Å². The molecule has 2 aromatic carbocycles. The number of carbonyl (C=O) groups is 3. The fourth-order valence-electron chi connectivity index (χ4n) is 3.77. The Bertz CT molecular complexity index is 1550. The van der Waals surface area contributed by atoms with Gasteiger partial charge < -0.3 is 16.2 Å². The summed E-state index contributed by atoms with van der Waals surface area (Å²) in [5, 5.41) is 13.4. The summed E-state index contributed by atoms with van der Waals surface area (Å²) in [6.45, 7) is -0.00416. The van der Waals surface area contributed by atoms with Crippen molar-refractivity contribution in [2.24, 2.45) is 5.73 Å². The number of benzene rings is 2. The molecule has 2 heterocycles. The molecule has 4 N–H and O–H groups in total. The number of alkyl halides is 3. The van der Waals surface area contributed by atoms with Gasteiger partial charge in [0.15, 0.2) is 0 Å². The smallest absolute Gasteiger partial charge is 0.419 e. The average molecular weight is 610 g/mol. The van der Waals surface area contributed by atoms with Crippen molar-refractivity contribution in [3.63, 3.8) is 0 Å². The van der Waals surface area contributed by atoms with E-state index in [4.69, 9.17) is 23.1 Å². The fourth-order valence-corrected chi connectivity index (χ4v) is 5.99. The van der Waals surface area contributed by atoms with Gasteiger partial charge in [-0.3, -0.25) is 14.5 Å². The van der Waals surface area contributed by atoms with Crippen LogP contribution < -0.4 is 11.1 Å². The van der Waals surface area contributed by atoms with E-state index in [0.717, 1.165) is 23.9 Å². The van der Waals surface area contributed by atoms with Crippen LogP contribution in [0.25, 0.3) is 17.2 Å². The predicted octanol–water partition coefficient (Wildman–Crippen LogP) is 5.96. The second kappa shape index (κ2) is 11.9. The van der Waals surface area contributed by atoms with Crippen LogP contribution in [0.2, 0.25) is 0 Å². The first kappa shape index (κ1) is 29.4. The number of carboxylic acid groups (broad SMARTS) is 1. The van der Waals surface area contributed by atoms with E-state index in [2.05, 4.69) is 5.32 Å². The van der Waals surface area contributed by atoms with E-state index >= 15 is 0 Å². The van der Waals surface area contributed by atoms with E-state index in [9.17, 15) is 31.9 Å². The normalized spacial score (nSPS) is 14.7. The summed E-state index contributed by atoms with van der Waals surface area (Å²) in [6.07, 6.45) is -3.37. The number of halogens is 4. The van der Waals surface area contributed by atoms with Gasteiger partial charge >= 0.3 is 12.1 Å². The molecule has 7 nitrogen and oxygen atoms in total. The predicted molar refractivity (Wildman–Crippen MR) is 149 cm³/mol. The lowest BCUT2D eigenvalue weighted by molar-refractivity contribution is -0.140. The van der Waals surface area contributed by atoms with E-state index in [0.29, 0.717) is 21.7 Å². The fraction of sp³-hybridized carbons (Fsp3) is 0.154. The molecule has 3 aromatic rings. The largest absolute Gasteiger partial charge is 0.478 e. The second-order valence-corrected chi connectivity index (χ2v) is 11.1. The highest BCUT2D eigenvalue weighted by Crippen LogP contribution is 2.37. The lowest BCUT2D eigenvalue weighted by atomic mass is 10.0. The van der Waals surface area contributed by atoms with Crippen molar-refractivity contribution in [1.82, 2.24) is 4.90 Å². The summed E-state index contributed by atoms with van der Waals surface area (Å²) >= 11 is 7.52. The van der Waals surface area contributed by atoms with Gasteiger partial charge in [0.2, 0.25) is 5.91 Å². The van der Waals surface area contributed by atoms with Crippen molar-refractivity contribution >= 4 is 69.2 Å². The van der Waals surface area contributed by atoms with E-state index in [1.165, 1.54) is 40.5 Å². The number of nitrogens with zero attached hydrogens (tertiary/aromatic N) is 1. The first-order chi connectivity index (χ1) is 18.9. The van der Waals surface area contributed by atoms with Crippen molar-refractivity contribution < 1.29 is 37.1 Å². The van der Waals surface area contributed by atoms with Crippen molar-refractivity contribution in [1.29, 1.82) is 0 Å². The van der Waals surface area contributed by atoms with Crippen LogP contribution in [0.3, 0.4) is 0 Å². The van der Waals surface area contributed by atoms with Gasteiger partial charge in [-0.25, -0.2) is 9.18 Å². The highest BCUT2D eigenvalue weighted by molar-refractivity contribution is 8.26. The molecular formula is C26H19F4N3O4S3. The molecule has 14 heteroatoms. The summed E-state index contributed by atoms with van der Waals surface area (Å²) in [4.78, 5) is 38.7. The Morgan fingerprint density at radius 1 is 1.12 bits per heavy atom. The maximum Gasteiger partial charge on any atom is 0.419 e. The minimum Gasteiger partial charge on any atom is -0.478 e. The lowest BCUT2D eigenvalue weighted by Gasteiger charge is -2.15. The highest BCUT2D eigenvalue weighted by atomic mass is 32.2. The number of aromatic carboxylic acids is 1. The van der Waals surface area contributed by atoms with Crippen molar-refractivity contribution in [2.75, 3.05) is 11.9 Å². The van der Waals surface area contributed by atoms with Crippen molar-refractivity contribution in [2.45, 2.75) is 19.1 Å². The number of nitrogens with two attached hydrogens (primary N) is 1. The Morgan fingerprint density at radius 3 is 2.55 bits per heavy atom. The minimum atomic E-state index is -4.83. The number of carboxylic acids is 1. The SMILES string of the molecule is NCc1cc(C(=O)O)ccc1NC(=O)CCN1C(=O)/C(=C/c2cc(-c3ccc(F)c(C(F)(F)F)c3)cs2)SC1=S. The molecule has 1 aromatic heterocycles. The topological polar surface area (TPSA) is 113 Å². The molecule has 0 aliphatic carbocycles. The van der Waals surface area contributed by atoms with Gasteiger partial charge in [0, 0.05) is 30.1 Å². The van der Waals surface area contributed by atoms with Gasteiger partial charge in [-0.1, -0.05) is 30.0 Å². The number of hydrogen-bond donors (Lipinski definition) is 3. The third kappa shape index (κ3) is 6.58. The third-order valence-electron chi connectivity index (χ3n) is 5.78. The summed E-state index contributed by atoms with van der Waals surface area (Å²) in [5.74, 6) is -3.34. The zero-order valence-electron chi connectivity index (χ0n) is 20.3. The molecular weight excluding hydrogens is 590 g/mol. The molecule has 0 unspecified atom stereocenters. The second-order valence-electron chi connectivity index (χ2n) is 8.44. The molecule has 0 saturated carbocycles. The first-order valence-electron chi connectivity index (χ1n) is 11.4. The molecule has 0 bridgehead atoms. The van der Waals surface area contributed by atoms with Crippen LogP contribution in [0.5, 0.6) is 0 Å². The summed E-state index contributed by atoms with van der Waals surface area (Å²) < 4.78 is 53.1. The molecule has 1 aliphatic heterocycles. The third-order valence-corrected chi connectivity index (χ3v) is 8.04. The van der Waals surface area contributed by atoms with Crippen molar-refractivity contribution in [3.05, 3.63) is 80.1 Å². The van der Waals surface area contributed by atoms with Gasteiger partial charge in [-0.05, 0) is 64.5 Å². The number of nitrogens with one attached hydrogen (secondary N) is 1. The monoisotopic (exact) mass is 609 g/mol. The standard InChI is InChI=1S/C26H19F4N3O4S3/c27-19-3-1-13(9-18(19)26(28,29)30)16-8-17(39-12-16)10-21-23(35)33(25(38)40-21)6-5-22(34)32-20-4-2-14(24(36)37)7-15(20)11-31/h1-4,7-10,12H,5-6,11,31H2,(H,32,34)(H,36,37)/b21-10-. The number of hydrogen-bond acceptors (Lipinski definition) is 7. The lowest BCUT2D eigenvalue weighted by Crippen LogP contribution is -2.31. The zero-order valence-corrected chi connectivity index (χ0v) is 22.7. The summed E-state index contributed by atoms with van der Waals surface area (Å²) in [5.41, 5.74) is 5.75. The minimum absolute atomic E-state index is 0.00527. The van der Waals surface area contributed by atoms with Crippen LogP contribution in [-0.2, 0) is 22.3 Å². The number of carbonyl (C=O) groups excluding carboxylic acids is 2. The molecule has 1 aliphatic rings. The number of rotatable bonds is 8. The van der Waals surface area contributed by atoms with E-state index in [-0.39, 0.29) is 39.9 Å². The number of thiophene rings is 1. The molecule has 208 valence electrons.